The first kappa shape index (κ1) is 11.7. The van der Waals surface area contributed by atoms with Gasteiger partial charge < -0.3 is 10.2 Å². The van der Waals surface area contributed by atoms with Crippen molar-refractivity contribution in [1.82, 2.24) is 5.32 Å². The Balaban J connectivity index is 0. The summed E-state index contributed by atoms with van der Waals surface area (Å²) in [6.45, 7) is 6.39. The highest BCUT2D eigenvalue weighted by Crippen LogP contribution is 1.81. The molecule has 4 nitrogen and oxygen atoms in total. The summed E-state index contributed by atoms with van der Waals surface area (Å²) in [6, 6.07) is 0. The molecule has 9 heavy (non-hydrogen) atoms. The molecule has 0 aliphatic heterocycles. The van der Waals surface area contributed by atoms with Crippen molar-refractivity contribution >= 4 is 8.18 Å². The van der Waals surface area contributed by atoms with Gasteiger partial charge in [-0.3, -0.25) is 0 Å². The Morgan fingerprint density at radius 2 is 1.78 bits per heavy atom. The van der Waals surface area contributed by atoms with Crippen LogP contribution in [0.5, 0.6) is 0 Å². The molecule has 1 atom stereocenters. The van der Waals surface area contributed by atoms with E-state index in [1.807, 2.05) is 0 Å². The van der Waals surface area contributed by atoms with E-state index in [2.05, 4.69) is 24.7 Å². The predicted molar refractivity (Wildman–Crippen MR) is 36.0 cm³/mol. The second-order valence-electron chi connectivity index (χ2n) is 1.24. The maximum Gasteiger partial charge on any atom is 0.405 e. The van der Waals surface area contributed by atoms with Crippen LogP contribution in [0, 0.1) is 0 Å². The number of nitrogens with one attached hydrogen (secondary N) is 1. The molecule has 0 bridgehead atoms. The fourth-order valence-corrected chi connectivity index (χ4v) is 0.250. The molecule has 0 aliphatic rings. The number of nitrogens with two attached hydrogens (primary N) is 1. The minimum absolute atomic E-state index is 1.09. The molecule has 0 heterocycles. The van der Waals surface area contributed by atoms with Gasteiger partial charge in [-0.15, -0.1) is 5.50 Å². The first-order valence-corrected chi connectivity index (χ1v) is 3.99. The zero-order valence-corrected chi connectivity index (χ0v) is 6.65. The van der Waals surface area contributed by atoms with E-state index >= 15 is 0 Å². The van der Waals surface area contributed by atoms with Crippen molar-refractivity contribution in [2.75, 3.05) is 13.1 Å². The van der Waals surface area contributed by atoms with Gasteiger partial charge in [0.05, 0.1) is 0 Å². The average molecular weight is 152 g/mol. The van der Waals surface area contributed by atoms with Gasteiger partial charge in [0, 0.05) is 0 Å². The van der Waals surface area contributed by atoms with Crippen molar-refractivity contribution in [2.45, 2.75) is 13.8 Å². The van der Waals surface area contributed by atoms with Crippen molar-refractivity contribution in [3.63, 3.8) is 0 Å². The number of rotatable bonds is 2. The van der Waals surface area contributed by atoms with E-state index in [9.17, 15) is 0 Å². The van der Waals surface area contributed by atoms with Crippen molar-refractivity contribution < 1.29 is 9.46 Å². The Morgan fingerprint density at radius 1 is 1.56 bits per heavy atom. The molecule has 56 valence electrons. The molecule has 0 fully saturated rings. The average Bonchev–Trinajstić information content (AvgIpc) is 1.66. The molecule has 0 aromatic rings. The Kier molecular flexibility index (Phi) is 14.2. The standard InChI is InChI=1S/C4H11N.H2NO2P/c1-3-5-4-2;1-4(2)3/h5H,3-4H2,1-2H3;(H2,1,2,3). The molecule has 0 spiro atoms. The van der Waals surface area contributed by atoms with E-state index in [-0.39, 0.29) is 0 Å². The van der Waals surface area contributed by atoms with Crippen LogP contribution in [0.25, 0.3) is 0 Å². The molecule has 0 amide bonds. The summed E-state index contributed by atoms with van der Waals surface area (Å²) >= 11 is 0. The molecule has 3 N–H and O–H groups in total. The maximum absolute atomic E-state index is 8.81. The summed E-state index contributed by atoms with van der Waals surface area (Å²) < 4.78 is 8.81. The number of hydrogen-bond donors (Lipinski definition) is 2. The minimum Gasteiger partial charge on any atom is -0.578 e. The quantitative estimate of drug-likeness (QED) is 0.527. The van der Waals surface area contributed by atoms with Gasteiger partial charge in [-0.25, -0.2) is 0 Å². The summed E-state index contributed by atoms with van der Waals surface area (Å²) in [5, 5.41) is 3.11. The lowest BCUT2D eigenvalue weighted by atomic mass is 10.7. The molecule has 0 radical (unpaired) electrons. The SMILES string of the molecule is CCNCC.N[P+](=O)[O-]. The van der Waals surface area contributed by atoms with Crippen LogP contribution in [0.1, 0.15) is 13.8 Å². The first-order chi connectivity index (χ1) is 4.15. The van der Waals surface area contributed by atoms with Gasteiger partial charge in [0.2, 0.25) is 0 Å². The van der Waals surface area contributed by atoms with Gasteiger partial charge in [0.25, 0.3) is 0 Å². The first-order valence-electron chi connectivity index (χ1n) is 2.74. The van der Waals surface area contributed by atoms with Crippen molar-refractivity contribution in [1.29, 1.82) is 0 Å². The van der Waals surface area contributed by atoms with Gasteiger partial charge in [0.1, 0.15) is 0 Å². The van der Waals surface area contributed by atoms with Crippen LogP contribution < -0.4 is 15.7 Å². The molecule has 0 aromatic carbocycles. The maximum atomic E-state index is 8.81. The number of hydrogen-bond acceptors (Lipinski definition) is 3. The third kappa shape index (κ3) is 72.8. The Bertz CT molecular complexity index is 63.6. The molecule has 0 aromatic heterocycles. The summed E-state index contributed by atoms with van der Waals surface area (Å²) in [5.74, 6) is 0. The monoisotopic (exact) mass is 152 g/mol. The van der Waals surface area contributed by atoms with Crippen molar-refractivity contribution in [2.24, 2.45) is 5.50 Å². The Labute approximate surface area is 56.4 Å². The minimum atomic E-state index is -2.62. The van der Waals surface area contributed by atoms with E-state index in [4.69, 9.17) is 9.46 Å². The molecule has 5 heteroatoms. The highest BCUT2D eigenvalue weighted by Gasteiger charge is 1.69. The van der Waals surface area contributed by atoms with Crippen LogP contribution in [-0.4, -0.2) is 13.1 Å². The molecule has 0 saturated carbocycles. The van der Waals surface area contributed by atoms with Gasteiger partial charge in [-0.2, -0.15) is 0 Å². The van der Waals surface area contributed by atoms with Crippen LogP contribution in [0.2, 0.25) is 0 Å². The van der Waals surface area contributed by atoms with E-state index in [0.29, 0.717) is 0 Å². The van der Waals surface area contributed by atoms with Crippen LogP contribution in [-0.2, 0) is 4.57 Å². The predicted octanol–water partition coefficient (Wildman–Crippen LogP) is -0.421. The Hall–Kier alpha value is -0.0200. The van der Waals surface area contributed by atoms with E-state index in [0.717, 1.165) is 13.1 Å². The Morgan fingerprint density at radius 3 is 1.78 bits per heavy atom. The summed E-state index contributed by atoms with van der Waals surface area (Å²) in [5.41, 5.74) is 4.06. The van der Waals surface area contributed by atoms with Gasteiger partial charge in [-0.1, -0.05) is 18.4 Å². The van der Waals surface area contributed by atoms with E-state index < -0.39 is 8.18 Å². The lowest BCUT2D eigenvalue weighted by molar-refractivity contribution is -0.164. The normalized spacial score (nSPS) is 9.56. The lowest BCUT2D eigenvalue weighted by Crippen LogP contribution is -2.09. The van der Waals surface area contributed by atoms with Gasteiger partial charge in [0.15, 0.2) is 0 Å². The second-order valence-corrected chi connectivity index (χ2v) is 1.81. The molecule has 1 unspecified atom stereocenters. The third-order valence-corrected chi connectivity index (χ3v) is 0.500. The third-order valence-electron chi connectivity index (χ3n) is 0.500. The second kappa shape index (κ2) is 10.9. The summed E-state index contributed by atoms with van der Waals surface area (Å²) in [6.07, 6.45) is 0. The van der Waals surface area contributed by atoms with Crippen molar-refractivity contribution in [3.8, 4) is 0 Å². The largest absolute Gasteiger partial charge is 0.578 e. The zero-order valence-electron chi connectivity index (χ0n) is 5.76. The lowest BCUT2D eigenvalue weighted by Gasteiger charge is -1.86. The van der Waals surface area contributed by atoms with Crippen molar-refractivity contribution in [3.05, 3.63) is 0 Å². The summed E-state index contributed by atoms with van der Waals surface area (Å²) in [4.78, 5) is 8.81. The van der Waals surface area contributed by atoms with Crippen LogP contribution in [0.15, 0.2) is 0 Å². The van der Waals surface area contributed by atoms with Gasteiger partial charge in [-0.05, 0) is 13.1 Å². The zero-order chi connectivity index (χ0) is 7.70. The van der Waals surface area contributed by atoms with E-state index in [1.54, 1.807) is 0 Å². The highest BCUT2D eigenvalue weighted by atomic mass is 31.1. The topological polar surface area (TPSA) is 78.2 Å². The molecule has 0 aliphatic carbocycles. The van der Waals surface area contributed by atoms with Crippen LogP contribution in [0.3, 0.4) is 0 Å². The fourth-order valence-electron chi connectivity index (χ4n) is 0.250. The summed E-state index contributed by atoms with van der Waals surface area (Å²) in [7, 11) is -2.62. The molecule has 0 saturated heterocycles. The smallest absolute Gasteiger partial charge is 0.405 e. The molecule has 0 rings (SSSR count). The van der Waals surface area contributed by atoms with E-state index in [1.165, 1.54) is 0 Å². The van der Waals surface area contributed by atoms with Gasteiger partial charge >= 0.3 is 8.18 Å². The highest BCUT2D eigenvalue weighted by molar-refractivity contribution is 7.33. The fraction of sp³-hybridized carbons (Fsp3) is 1.00. The molecular weight excluding hydrogens is 139 g/mol. The molecular formula is C4H13N2O2P. The van der Waals surface area contributed by atoms with Crippen LogP contribution in [0.4, 0.5) is 0 Å². The van der Waals surface area contributed by atoms with Crippen LogP contribution >= 0.6 is 8.18 Å².